The number of carbonyl (C=O) groups is 1. The molecule has 2 rings (SSSR count). The van der Waals surface area contributed by atoms with Gasteiger partial charge in [0.05, 0.1) is 12.3 Å². The SMILES string of the molecule is CC(NC(=O)CCC1CCCNC1)c1ccco1. The van der Waals surface area contributed by atoms with Gasteiger partial charge in [-0.05, 0) is 57.3 Å². The van der Waals surface area contributed by atoms with E-state index in [4.69, 9.17) is 4.42 Å². The maximum absolute atomic E-state index is 11.8. The van der Waals surface area contributed by atoms with E-state index in [0.717, 1.165) is 25.3 Å². The van der Waals surface area contributed by atoms with E-state index in [2.05, 4.69) is 10.6 Å². The molecule has 2 atom stereocenters. The zero-order valence-electron chi connectivity index (χ0n) is 10.9. The molecule has 0 aromatic carbocycles. The number of piperidine rings is 1. The molecule has 1 saturated heterocycles. The Morgan fingerprint density at radius 2 is 2.56 bits per heavy atom. The van der Waals surface area contributed by atoms with E-state index in [0.29, 0.717) is 12.3 Å². The zero-order valence-corrected chi connectivity index (χ0v) is 10.9. The van der Waals surface area contributed by atoms with Crippen molar-refractivity contribution in [2.24, 2.45) is 5.92 Å². The highest BCUT2D eigenvalue weighted by Gasteiger charge is 2.16. The van der Waals surface area contributed by atoms with Crippen molar-refractivity contribution < 1.29 is 9.21 Å². The van der Waals surface area contributed by atoms with Crippen LogP contribution in [0, 0.1) is 5.92 Å². The standard InChI is InChI=1S/C14H22N2O2/c1-11(13-5-3-9-18-13)16-14(17)7-6-12-4-2-8-15-10-12/h3,5,9,11-12,15H,2,4,6-8,10H2,1H3,(H,16,17). The third kappa shape index (κ3) is 3.88. The molecule has 2 unspecified atom stereocenters. The van der Waals surface area contributed by atoms with Crippen LogP contribution in [0.3, 0.4) is 0 Å². The molecular weight excluding hydrogens is 228 g/mol. The summed E-state index contributed by atoms with van der Waals surface area (Å²) in [6, 6.07) is 3.68. The van der Waals surface area contributed by atoms with Crippen molar-refractivity contribution in [3.8, 4) is 0 Å². The number of amides is 1. The van der Waals surface area contributed by atoms with Gasteiger partial charge < -0.3 is 15.1 Å². The summed E-state index contributed by atoms with van der Waals surface area (Å²) in [5.74, 6) is 1.58. The summed E-state index contributed by atoms with van der Waals surface area (Å²) >= 11 is 0. The lowest BCUT2D eigenvalue weighted by atomic mass is 9.94. The van der Waals surface area contributed by atoms with E-state index in [9.17, 15) is 4.79 Å². The Hall–Kier alpha value is -1.29. The normalized spacial score (nSPS) is 21.5. The Morgan fingerprint density at radius 3 is 3.22 bits per heavy atom. The van der Waals surface area contributed by atoms with Crippen LogP contribution in [0.1, 0.15) is 44.4 Å². The second kappa shape index (κ2) is 6.59. The van der Waals surface area contributed by atoms with Gasteiger partial charge in [0.2, 0.25) is 5.91 Å². The number of nitrogens with one attached hydrogen (secondary N) is 2. The highest BCUT2D eigenvalue weighted by molar-refractivity contribution is 5.76. The first kappa shape index (κ1) is 13.1. The maximum atomic E-state index is 11.8. The molecular formula is C14H22N2O2. The van der Waals surface area contributed by atoms with Crippen molar-refractivity contribution in [3.05, 3.63) is 24.2 Å². The first-order chi connectivity index (χ1) is 8.75. The van der Waals surface area contributed by atoms with Crippen LogP contribution in [0.2, 0.25) is 0 Å². The average Bonchev–Trinajstić information content (AvgIpc) is 2.91. The molecule has 18 heavy (non-hydrogen) atoms. The predicted octanol–water partition coefficient (Wildman–Crippen LogP) is 2.24. The zero-order chi connectivity index (χ0) is 12.8. The van der Waals surface area contributed by atoms with Crippen LogP contribution < -0.4 is 10.6 Å². The van der Waals surface area contributed by atoms with Gasteiger partial charge in [0, 0.05) is 6.42 Å². The van der Waals surface area contributed by atoms with Gasteiger partial charge in [0.25, 0.3) is 0 Å². The van der Waals surface area contributed by atoms with Gasteiger partial charge in [0.1, 0.15) is 5.76 Å². The van der Waals surface area contributed by atoms with E-state index in [1.54, 1.807) is 6.26 Å². The molecule has 1 aliphatic heterocycles. The second-order valence-electron chi connectivity index (χ2n) is 5.06. The van der Waals surface area contributed by atoms with Crippen molar-refractivity contribution in [2.75, 3.05) is 13.1 Å². The molecule has 0 aliphatic carbocycles. The summed E-state index contributed by atoms with van der Waals surface area (Å²) in [7, 11) is 0. The monoisotopic (exact) mass is 250 g/mol. The highest BCUT2D eigenvalue weighted by atomic mass is 16.3. The summed E-state index contributed by atoms with van der Waals surface area (Å²) in [5, 5.41) is 6.34. The minimum Gasteiger partial charge on any atom is -0.467 e. The minimum absolute atomic E-state index is 0.0445. The molecule has 4 heteroatoms. The largest absolute Gasteiger partial charge is 0.467 e. The average molecular weight is 250 g/mol. The Bertz CT molecular complexity index is 356. The quantitative estimate of drug-likeness (QED) is 0.842. The summed E-state index contributed by atoms with van der Waals surface area (Å²) in [6.45, 7) is 4.12. The van der Waals surface area contributed by atoms with Crippen LogP contribution >= 0.6 is 0 Å². The summed E-state index contributed by atoms with van der Waals surface area (Å²) in [5.41, 5.74) is 0. The second-order valence-corrected chi connectivity index (χ2v) is 5.06. The topological polar surface area (TPSA) is 54.3 Å². The first-order valence-electron chi connectivity index (χ1n) is 6.79. The van der Waals surface area contributed by atoms with Gasteiger partial charge in [0.15, 0.2) is 0 Å². The summed E-state index contributed by atoms with van der Waals surface area (Å²) < 4.78 is 5.27. The van der Waals surface area contributed by atoms with Crippen molar-refractivity contribution >= 4 is 5.91 Å². The number of carbonyl (C=O) groups excluding carboxylic acids is 1. The molecule has 1 aliphatic rings. The van der Waals surface area contributed by atoms with Gasteiger partial charge in [-0.3, -0.25) is 4.79 Å². The Kier molecular flexibility index (Phi) is 4.81. The number of hydrogen-bond donors (Lipinski definition) is 2. The highest BCUT2D eigenvalue weighted by Crippen LogP contribution is 2.17. The first-order valence-corrected chi connectivity index (χ1v) is 6.79. The van der Waals surface area contributed by atoms with Gasteiger partial charge in [-0.25, -0.2) is 0 Å². The van der Waals surface area contributed by atoms with Crippen LogP contribution in [0.25, 0.3) is 0 Å². The number of furan rings is 1. The lowest BCUT2D eigenvalue weighted by Crippen LogP contribution is -2.31. The van der Waals surface area contributed by atoms with Gasteiger partial charge in [-0.1, -0.05) is 0 Å². The molecule has 4 nitrogen and oxygen atoms in total. The fraction of sp³-hybridized carbons (Fsp3) is 0.643. The minimum atomic E-state index is -0.0445. The number of hydrogen-bond acceptors (Lipinski definition) is 3. The van der Waals surface area contributed by atoms with Crippen LogP contribution in [-0.2, 0) is 4.79 Å². The smallest absolute Gasteiger partial charge is 0.220 e. The van der Waals surface area contributed by atoms with Crippen molar-refractivity contribution in [1.29, 1.82) is 0 Å². The van der Waals surface area contributed by atoms with E-state index < -0.39 is 0 Å². The molecule has 2 N–H and O–H groups in total. The van der Waals surface area contributed by atoms with E-state index in [1.165, 1.54) is 12.8 Å². The molecule has 1 aromatic rings. The fourth-order valence-corrected chi connectivity index (χ4v) is 2.43. The molecule has 0 bridgehead atoms. The Morgan fingerprint density at radius 1 is 1.67 bits per heavy atom. The van der Waals surface area contributed by atoms with E-state index in [-0.39, 0.29) is 11.9 Å². The van der Waals surface area contributed by atoms with Crippen LogP contribution in [0.5, 0.6) is 0 Å². The lowest BCUT2D eigenvalue weighted by molar-refractivity contribution is -0.122. The lowest BCUT2D eigenvalue weighted by Gasteiger charge is -2.22. The van der Waals surface area contributed by atoms with Gasteiger partial charge in [-0.15, -0.1) is 0 Å². The van der Waals surface area contributed by atoms with Crippen molar-refractivity contribution in [2.45, 2.75) is 38.6 Å². The summed E-state index contributed by atoms with van der Waals surface area (Å²) in [4.78, 5) is 11.8. The molecule has 1 fully saturated rings. The molecule has 1 aromatic heterocycles. The predicted molar refractivity (Wildman–Crippen MR) is 70.1 cm³/mol. The molecule has 0 radical (unpaired) electrons. The van der Waals surface area contributed by atoms with Gasteiger partial charge in [-0.2, -0.15) is 0 Å². The van der Waals surface area contributed by atoms with Gasteiger partial charge >= 0.3 is 0 Å². The molecule has 2 heterocycles. The number of rotatable bonds is 5. The van der Waals surface area contributed by atoms with Crippen LogP contribution in [0.4, 0.5) is 0 Å². The van der Waals surface area contributed by atoms with E-state index >= 15 is 0 Å². The molecule has 0 saturated carbocycles. The van der Waals surface area contributed by atoms with Crippen molar-refractivity contribution in [3.63, 3.8) is 0 Å². The molecule has 100 valence electrons. The third-order valence-electron chi connectivity index (χ3n) is 3.53. The van der Waals surface area contributed by atoms with Crippen LogP contribution in [0.15, 0.2) is 22.8 Å². The fourth-order valence-electron chi connectivity index (χ4n) is 2.43. The van der Waals surface area contributed by atoms with Crippen LogP contribution in [-0.4, -0.2) is 19.0 Å². The summed E-state index contributed by atoms with van der Waals surface area (Å²) in [6.07, 6.45) is 5.69. The third-order valence-corrected chi connectivity index (χ3v) is 3.53. The Balaban J connectivity index is 1.68. The van der Waals surface area contributed by atoms with E-state index in [1.807, 2.05) is 19.1 Å². The molecule has 0 spiro atoms. The maximum Gasteiger partial charge on any atom is 0.220 e. The Labute approximate surface area is 108 Å². The molecule has 1 amide bonds. The van der Waals surface area contributed by atoms with Crippen molar-refractivity contribution in [1.82, 2.24) is 10.6 Å².